The Bertz CT molecular complexity index is 931. The minimum absolute atomic E-state index is 0.0718. The van der Waals surface area contributed by atoms with Crippen LogP contribution in [0.25, 0.3) is 0 Å². The molecule has 7 heteroatoms. The fraction of sp³-hybridized carbons (Fsp3) is 0.350. The second-order valence-corrected chi connectivity index (χ2v) is 8.75. The third-order valence-electron chi connectivity index (χ3n) is 4.29. The Hall–Kier alpha value is -2.22. The minimum Gasteiger partial charge on any atom is -0.423 e. The summed E-state index contributed by atoms with van der Waals surface area (Å²) in [6.07, 6.45) is -0.365. The number of sulfonamides is 1. The van der Waals surface area contributed by atoms with Crippen LogP contribution in [-0.4, -0.2) is 44.0 Å². The lowest BCUT2D eigenvalue weighted by molar-refractivity contribution is -0.0440. The monoisotopic (exact) mass is 389 g/mol. The summed E-state index contributed by atoms with van der Waals surface area (Å²) >= 11 is 0. The number of hydrogen-bond acceptors (Lipinski definition) is 5. The van der Waals surface area contributed by atoms with E-state index in [4.69, 9.17) is 9.47 Å². The zero-order valence-corrected chi connectivity index (χ0v) is 16.4. The van der Waals surface area contributed by atoms with E-state index in [0.717, 1.165) is 5.56 Å². The van der Waals surface area contributed by atoms with E-state index in [0.29, 0.717) is 5.75 Å². The zero-order valence-electron chi connectivity index (χ0n) is 15.6. The van der Waals surface area contributed by atoms with Gasteiger partial charge in [0.05, 0.1) is 22.7 Å². The second kappa shape index (κ2) is 7.80. The Kier molecular flexibility index (Phi) is 5.64. The van der Waals surface area contributed by atoms with Crippen LogP contribution in [0.5, 0.6) is 5.75 Å². The maximum absolute atomic E-state index is 13.0. The first-order valence-electron chi connectivity index (χ1n) is 8.80. The van der Waals surface area contributed by atoms with Crippen LogP contribution in [-0.2, 0) is 14.8 Å². The van der Waals surface area contributed by atoms with Gasteiger partial charge in [-0.1, -0.05) is 18.2 Å². The van der Waals surface area contributed by atoms with Crippen molar-refractivity contribution in [2.45, 2.75) is 37.9 Å². The van der Waals surface area contributed by atoms with Crippen LogP contribution in [0.1, 0.15) is 29.8 Å². The van der Waals surface area contributed by atoms with Crippen LogP contribution in [0.4, 0.5) is 0 Å². The van der Waals surface area contributed by atoms with Crippen molar-refractivity contribution in [2.24, 2.45) is 0 Å². The second-order valence-electron chi connectivity index (χ2n) is 6.81. The summed E-state index contributed by atoms with van der Waals surface area (Å²) < 4.78 is 38.3. The van der Waals surface area contributed by atoms with Gasteiger partial charge in [0.1, 0.15) is 5.75 Å². The van der Waals surface area contributed by atoms with Gasteiger partial charge in [0.2, 0.25) is 10.0 Å². The Morgan fingerprint density at radius 3 is 2.41 bits per heavy atom. The standard InChI is InChI=1S/C20H23NO5S/c1-14-6-4-8-18(10-14)26-20(22)17-7-5-9-19(11-17)27(23,24)21-12-15(2)25-16(3)13-21/h4-11,15-16H,12-13H2,1-3H3/t15-,16+. The predicted octanol–water partition coefficient (Wildman–Crippen LogP) is 3.01. The number of esters is 1. The molecule has 0 aromatic heterocycles. The summed E-state index contributed by atoms with van der Waals surface area (Å²) in [6, 6.07) is 13.1. The molecule has 1 aliphatic heterocycles. The summed E-state index contributed by atoms with van der Waals surface area (Å²) in [5, 5.41) is 0. The van der Waals surface area contributed by atoms with Gasteiger partial charge in [-0.05, 0) is 56.7 Å². The molecule has 1 heterocycles. The lowest BCUT2D eigenvalue weighted by Gasteiger charge is -2.34. The van der Waals surface area contributed by atoms with E-state index in [9.17, 15) is 13.2 Å². The number of nitrogens with zero attached hydrogens (tertiary/aromatic N) is 1. The fourth-order valence-corrected chi connectivity index (χ4v) is 4.74. The van der Waals surface area contributed by atoms with E-state index in [1.807, 2.05) is 26.8 Å². The molecule has 0 saturated carbocycles. The lowest BCUT2D eigenvalue weighted by Crippen LogP contribution is -2.48. The molecule has 2 aromatic rings. The number of carbonyl (C=O) groups is 1. The molecule has 1 saturated heterocycles. The Morgan fingerprint density at radius 2 is 1.74 bits per heavy atom. The number of aryl methyl sites for hydroxylation is 1. The van der Waals surface area contributed by atoms with Gasteiger partial charge in [0.25, 0.3) is 0 Å². The predicted molar refractivity (Wildman–Crippen MR) is 101 cm³/mol. The highest BCUT2D eigenvalue weighted by molar-refractivity contribution is 7.89. The average Bonchev–Trinajstić information content (AvgIpc) is 2.61. The molecular weight excluding hydrogens is 366 g/mol. The molecule has 0 amide bonds. The van der Waals surface area contributed by atoms with E-state index >= 15 is 0 Å². The van der Waals surface area contributed by atoms with Crippen molar-refractivity contribution >= 4 is 16.0 Å². The maximum atomic E-state index is 13.0. The van der Waals surface area contributed by atoms with Crippen LogP contribution in [0.2, 0.25) is 0 Å². The first-order chi connectivity index (χ1) is 12.8. The maximum Gasteiger partial charge on any atom is 0.343 e. The highest BCUT2D eigenvalue weighted by Gasteiger charge is 2.32. The lowest BCUT2D eigenvalue weighted by atomic mass is 10.2. The zero-order chi connectivity index (χ0) is 19.6. The number of morpholine rings is 1. The Balaban J connectivity index is 1.83. The first-order valence-corrected chi connectivity index (χ1v) is 10.2. The van der Waals surface area contributed by atoms with Crippen molar-refractivity contribution in [1.29, 1.82) is 0 Å². The fourth-order valence-electron chi connectivity index (χ4n) is 3.10. The number of rotatable bonds is 4. The Labute approximate surface area is 159 Å². The number of carbonyl (C=O) groups excluding carboxylic acids is 1. The van der Waals surface area contributed by atoms with Gasteiger partial charge in [-0.3, -0.25) is 0 Å². The van der Waals surface area contributed by atoms with E-state index < -0.39 is 16.0 Å². The number of benzene rings is 2. The van der Waals surface area contributed by atoms with Gasteiger partial charge in [0.15, 0.2) is 0 Å². The van der Waals surface area contributed by atoms with Crippen LogP contribution >= 0.6 is 0 Å². The smallest absolute Gasteiger partial charge is 0.343 e. The van der Waals surface area contributed by atoms with Gasteiger partial charge in [-0.15, -0.1) is 0 Å². The molecule has 144 valence electrons. The molecule has 3 rings (SSSR count). The average molecular weight is 389 g/mol. The topological polar surface area (TPSA) is 72.9 Å². The van der Waals surface area contributed by atoms with Crippen molar-refractivity contribution in [3.05, 3.63) is 59.7 Å². The van der Waals surface area contributed by atoms with Gasteiger partial charge >= 0.3 is 5.97 Å². The summed E-state index contributed by atoms with van der Waals surface area (Å²) in [6.45, 7) is 6.14. The molecule has 0 aliphatic carbocycles. The van der Waals surface area contributed by atoms with Crippen molar-refractivity contribution in [3.63, 3.8) is 0 Å². The van der Waals surface area contributed by atoms with E-state index in [1.165, 1.54) is 16.4 Å². The molecule has 6 nitrogen and oxygen atoms in total. The van der Waals surface area contributed by atoms with Crippen molar-refractivity contribution in [1.82, 2.24) is 4.31 Å². The number of hydrogen-bond donors (Lipinski definition) is 0. The highest BCUT2D eigenvalue weighted by atomic mass is 32.2. The molecule has 0 spiro atoms. The third-order valence-corrected chi connectivity index (χ3v) is 6.12. The minimum atomic E-state index is -3.72. The highest BCUT2D eigenvalue weighted by Crippen LogP contribution is 2.22. The van der Waals surface area contributed by atoms with Gasteiger partial charge in [-0.25, -0.2) is 13.2 Å². The van der Waals surface area contributed by atoms with Crippen LogP contribution in [0, 0.1) is 6.92 Å². The molecule has 2 atom stereocenters. The summed E-state index contributed by atoms with van der Waals surface area (Å²) in [5.41, 5.74) is 1.15. The number of ether oxygens (including phenoxy) is 2. The van der Waals surface area contributed by atoms with E-state index in [1.54, 1.807) is 30.3 Å². The van der Waals surface area contributed by atoms with Gasteiger partial charge in [-0.2, -0.15) is 4.31 Å². The van der Waals surface area contributed by atoms with Crippen LogP contribution in [0.15, 0.2) is 53.4 Å². The van der Waals surface area contributed by atoms with E-state index in [-0.39, 0.29) is 35.8 Å². The molecule has 27 heavy (non-hydrogen) atoms. The van der Waals surface area contributed by atoms with Crippen molar-refractivity contribution < 1.29 is 22.7 Å². The SMILES string of the molecule is Cc1cccc(OC(=O)c2cccc(S(=O)(=O)N3C[C@@H](C)O[C@@H](C)C3)c2)c1. The summed E-state index contributed by atoms with van der Waals surface area (Å²) in [7, 11) is -3.72. The van der Waals surface area contributed by atoms with E-state index in [2.05, 4.69) is 0 Å². The summed E-state index contributed by atoms with van der Waals surface area (Å²) in [5.74, 6) is -0.176. The third kappa shape index (κ3) is 4.55. The Morgan fingerprint density at radius 1 is 1.07 bits per heavy atom. The normalized spacial score (nSPS) is 21.0. The molecule has 1 aliphatic rings. The van der Waals surface area contributed by atoms with Crippen molar-refractivity contribution in [2.75, 3.05) is 13.1 Å². The van der Waals surface area contributed by atoms with Crippen molar-refractivity contribution in [3.8, 4) is 5.75 Å². The molecule has 0 N–H and O–H groups in total. The molecule has 0 bridgehead atoms. The van der Waals surface area contributed by atoms with Gasteiger partial charge < -0.3 is 9.47 Å². The van der Waals surface area contributed by atoms with Crippen LogP contribution < -0.4 is 4.74 Å². The molecule has 2 aromatic carbocycles. The largest absolute Gasteiger partial charge is 0.423 e. The molecule has 0 unspecified atom stereocenters. The quantitative estimate of drug-likeness (QED) is 0.594. The summed E-state index contributed by atoms with van der Waals surface area (Å²) in [4.78, 5) is 12.5. The van der Waals surface area contributed by atoms with Gasteiger partial charge in [0, 0.05) is 13.1 Å². The van der Waals surface area contributed by atoms with Crippen LogP contribution in [0.3, 0.4) is 0 Å². The molecule has 0 radical (unpaired) electrons. The molecule has 1 fully saturated rings. The first kappa shape index (κ1) is 19.5. The molecular formula is C20H23NO5S.